The Balaban J connectivity index is 2.19. The highest BCUT2D eigenvalue weighted by Gasteiger charge is 2.25. The SMILES string of the molecule is CCNC1CCCC(c2cc(OC)ccc2OC)C1. The standard InChI is InChI=1S/C16H25NO2/c1-4-17-13-7-5-6-12(10-13)15-11-14(18-2)8-9-16(15)19-3/h8-9,11-13,17H,4-7,10H2,1-3H3. The molecule has 2 rings (SSSR count). The van der Waals surface area contributed by atoms with Gasteiger partial charge in [0, 0.05) is 11.6 Å². The van der Waals surface area contributed by atoms with E-state index in [1.165, 1.54) is 31.2 Å². The van der Waals surface area contributed by atoms with Gasteiger partial charge >= 0.3 is 0 Å². The molecule has 1 aromatic rings. The molecule has 0 aromatic heterocycles. The van der Waals surface area contributed by atoms with E-state index in [1.807, 2.05) is 12.1 Å². The molecule has 19 heavy (non-hydrogen) atoms. The van der Waals surface area contributed by atoms with Crippen molar-refractivity contribution in [1.82, 2.24) is 5.32 Å². The average molecular weight is 263 g/mol. The van der Waals surface area contributed by atoms with Crippen molar-refractivity contribution < 1.29 is 9.47 Å². The number of methoxy groups -OCH3 is 2. The van der Waals surface area contributed by atoms with E-state index in [0.717, 1.165) is 18.0 Å². The van der Waals surface area contributed by atoms with Crippen LogP contribution in [0, 0.1) is 0 Å². The summed E-state index contributed by atoms with van der Waals surface area (Å²) in [5.41, 5.74) is 1.30. The Morgan fingerprint density at radius 2 is 2.05 bits per heavy atom. The first-order valence-electron chi connectivity index (χ1n) is 7.23. The van der Waals surface area contributed by atoms with Gasteiger partial charge in [0.2, 0.25) is 0 Å². The van der Waals surface area contributed by atoms with Gasteiger partial charge in [-0.3, -0.25) is 0 Å². The van der Waals surface area contributed by atoms with Crippen LogP contribution in [-0.4, -0.2) is 26.8 Å². The Morgan fingerprint density at radius 1 is 1.21 bits per heavy atom. The maximum absolute atomic E-state index is 5.52. The van der Waals surface area contributed by atoms with Crippen LogP contribution in [-0.2, 0) is 0 Å². The predicted molar refractivity (Wildman–Crippen MR) is 78.2 cm³/mol. The number of hydrogen-bond acceptors (Lipinski definition) is 3. The highest BCUT2D eigenvalue weighted by Crippen LogP contribution is 2.39. The van der Waals surface area contributed by atoms with Gasteiger partial charge in [0.05, 0.1) is 14.2 Å². The maximum atomic E-state index is 5.52. The summed E-state index contributed by atoms with van der Waals surface area (Å²) in [5, 5.41) is 3.58. The van der Waals surface area contributed by atoms with Gasteiger partial charge in [-0.2, -0.15) is 0 Å². The number of benzene rings is 1. The Hall–Kier alpha value is -1.22. The van der Waals surface area contributed by atoms with Crippen LogP contribution in [0.1, 0.15) is 44.1 Å². The van der Waals surface area contributed by atoms with E-state index >= 15 is 0 Å². The normalized spacial score (nSPS) is 23.1. The van der Waals surface area contributed by atoms with Gasteiger partial charge in [0.15, 0.2) is 0 Å². The van der Waals surface area contributed by atoms with E-state index in [9.17, 15) is 0 Å². The van der Waals surface area contributed by atoms with E-state index < -0.39 is 0 Å². The van der Waals surface area contributed by atoms with E-state index in [0.29, 0.717) is 12.0 Å². The molecule has 0 amide bonds. The van der Waals surface area contributed by atoms with Crippen molar-refractivity contribution >= 4 is 0 Å². The Labute approximate surface area is 116 Å². The Bertz CT molecular complexity index is 404. The lowest BCUT2D eigenvalue weighted by Crippen LogP contribution is -2.33. The third kappa shape index (κ3) is 3.41. The molecule has 0 heterocycles. The van der Waals surface area contributed by atoms with E-state index in [4.69, 9.17) is 9.47 Å². The highest BCUT2D eigenvalue weighted by atomic mass is 16.5. The van der Waals surface area contributed by atoms with Gasteiger partial charge in [-0.1, -0.05) is 13.3 Å². The predicted octanol–water partition coefficient (Wildman–Crippen LogP) is 3.34. The second-order valence-electron chi connectivity index (χ2n) is 5.23. The maximum Gasteiger partial charge on any atom is 0.122 e. The highest BCUT2D eigenvalue weighted by molar-refractivity contribution is 5.42. The number of nitrogens with one attached hydrogen (secondary N) is 1. The molecule has 1 aliphatic carbocycles. The molecule has 1 aromatic carbocycles. The van der Waals surface area contributed by atoms with Crippen LogP contribution in [0.4, 0.5) is 0 Å². The molecule has 1 saturated carbocycles. The zero-order valence-electron chi connectivity index (χ0n) is 12.2. The monoisotopic (exact) mass is 263 g/mol. The molecule has 1 N–H and O–H groups in total. The Kier molecular flexibility index (Phi) is 5.08. The second-order valence-corrected chi connectivity index (χ2v) is 5.23. The molecule has 2 unspecified atom stereocenters. The first-order chi connectivity index (χ1) is 9.28. The molecule has 1 aliphatic rings. The van der Waals surface area contributed by atoms with Crippen LogP contribution < -0.4 is 14.8 Å². The van der Waals surface area contributed by atoms with Crippen molar-refractivity contribution in [3.63, 3.8) is 0 Å². The summed E-state index contributed by atoms with van der Waals surface area (Å²) >= 11 is 0. The minimum atomic E-state index is 0.572. The lowest BCUT2D eigenvalue weighted by molar-refractivity contribution is 0.332. The first kappa shape index (κ1) is 14.2. The number of rotatable bonds is 5. The van der Waals surface area contributed by atoms with Crippen molar-refractivity contribution in [3.05, 3.63) is 23.8 Å². The van der Waals surface area contributed by atoms with Crippen molar-refractivity contribution in [3.8, 4) is 11.5 Å². The fourth-order valence-corrected chi connectivity index (χ4v) is 3.10. The minimum absolute atomic E-state index is 0.572. The van der Waals surface area contributed by atoms with Crippen LogP contribution >= 0.6 is 0 Å². The van der Waals surface area contributed by atoms with Crippen molar-refractivity contribution in [1.29, 1.82) is 0 Å². The van der Waals surface area contributed by atoms with E-state index in [1.54, 1.807) is 14.2 Å². The van der Waals surface area contributed by atoms with Gasteiger partial charge < -0.3 is 14.8 Å². The number of hydrogen-bond donors (Lipinski definition) is 1. The minimum Gasteiger partial charge on any atom is -0.497 e. The quantitative estimate of drug-likeness (QED) is 0.884. The first-order valence-corrected chi connectivity index (χ1v) is 7.23. The third-order valence-electron chi connectivity index (χ3n) is 4.04. The summed E-state index contributed by atoms with van der Waals surface area (Å²) < 4.78 is 10.9. The van der Waals surface area contributed by atoms with Crippen molar-refractivity contribution in [2.24, 2.45) is 0 Å². The van der Waals surface area contributed by atoms with Crippen LogP contribution in [0.25, 0.3) is 0 Å². The zero-order chi connectivity index (χ0) is 13.7. The van der Waals surface area contributed by atoms with Crippen LogP contribution in [0.2, 0.25) is 0 Å². The molecule has 3 nitrogen and oxygen atoms in total. The fourth-order valence-electron chi connectivity index (χ4n) is 3.10. The molecule has 1 fully saturated rings. The van der Waals surface area contributed by atoms with Gasteiger partial charge in [-0.15, -0.1) is 0 Å². The fraction of sp³-hybridized carbons (Fsp3) is 0.625. The van der Waals surface area contributed by atoms with Crippen LogP contribution in [0.15, 0.2) is 18.2 Å². The summed E-state index contributed by atoms with van der Waals surface area (Å²) in [7, 11) is 3.46. The second kappa shape index (κ2) is 6.80. The number of ether oxygens (including phenoxy) is 2. The molecule has 2 atom stereocenters. The van der Waals surface area contributed by atoms with Gasteiger partial charge in [0.1, 0.15) is 11.5 Å². The third-order valence-corrected chi connectivity index (χ3v) is 4.04. The van der Waals surface area contributed by atoms with Gasteiger partial charge in [0.25, 0.3) is 0 Å². The largest absolute Gasteiger partial charge is 0.497 e. The topological polar surface area (TPSA) is 30.5 Å². The lowest BCUT2D eigenvalue weighted by atomic mass is 9.81. The molecule has 106 valence electrons. The van der Waals surface area contributed by atoms with Gasteiger partial charge in [-0.05, 0) is 49.9 Å². The summed E-state index contributed by atoms with van der Waals surface area (Å²) in [6, 6.07) is 6.76. The molecule has 0 spiro atoms. The van der Waals surface area contributed by atoms with Crippen molar-refractivity contribution in [2.75, 3.05) is 20.8 Å². The smallest absolute Gasteiger partial charge is 0.122 e. The summed E-state index contributed by atoms with van der Waals surface area (Å²) in [5.74, 6) is 2.48. The van der Waals surface area contributed by atoms with E-state index in [2.05, 4.69) is 18.3 Å². The van der Waals surface area contributed by atoms with Crippen molar-refractivity contribution in [2.45, 2.75) is 44.6 Å². The molecule has 0 radical (unpaired) electrons. The van der Waals surface area contributed by atoms with E-state index in [-0.39, 0.29) is 0 Å². The summed E-state index contributed by atoms with van der Waals surface area (Å²) in [4.78, 5) is 0. The van der Waals surface area contributed by atoms with Crippen LogP contribution in [0.5, 0.6) is 11.5 Å². The average Bonchev–Trinajstić information content (AvgIpc) is 2.47. The molecular formula is C16H25NO2. The molecule has 0 bridgehead atoms. The van der Waals surface area contributed by atoms with Crippen LogP contribution in [0.3, 0.4) is 0 Å². The molecular weight excluding hydrogens is 238 g/mol. The summed E-state index contributed by atoms with van der Waals surface area (Å²) in [6.07, 6.45) is 5.00. The van der Waals surface area contributed by atoms with Gasteiger partial charge in [-0.25, -0.2) is 0 Å². The molecule has 3 heteroatoms. The Morgan fingerprint density at radius 3 is 2.74 bits per heavy atom. The summed E-state index contributed by atoms with van der Waals surface area (Å²) in [6.45, 7) is 3.22. The zero-order valence-corrected chi connectivity index (χ0v) is 12.2. The molecule has 0 aliphatic heterocycles. The molecule has 0 saturated heterocycles. The lowest BCUT2D eigenvalue weighted by Gasteiger charge is -2.30.